The van der Waals surface area contributed by atoms with Crippen molar-refractivity contribution in [2.24, 2.45) is 5.92 Å². The van der Waals surface area contributed by atoms with Crippen LogP contribution in [0.15, 0.2) is 36.4 Å². The number of carbonyl (C=O) groups is 2. The molecule has 1 aliphatic rings. The number of alkyl halides is 2. The minimum Gasteiger partial charge on any atom is -0.326 e. The number of nitrogens with one attached hydrogen (secondary N) is 2. The zero-order valence-electron chi connectivity index (χ0n) is 13.8. The van der Waals surface area contributed by atoms with E-state index in [0.29, 0.717) is 32.0 Å². The summed E-state index contributed by atoms with van der Waals surface area (Å²) in [6.45, 7) is 1.36. The Balaban J connectivity index is 1.79. The van der Waals surface area contributed by atoms with Crippen molar-refractivity contribution in [3.8, 4) is 0 Å². The highest BCUT2D eigenvalue weighted by Gasteiger charge is 2.67. The van der Waals surface area contributed by atoms with E-state index in [9.17, 15) is 9.59 Å². The minimum absolute atomic E-state index is 0.277. The van der Waals surface area contributed by atoms with E-state index in [1.165, 1.54) is 6.92 Å². The molecule has 0 radical (unpaired) electrons. The van der Waals surface area contributed by atoms with E-state index in [-0.39, 0.29) is 11.8 Å². The Morgan fingerprint density at radius 2 is 1.59 bits per heavy atom. The molecule has 0 bridgehead atoms. The topological polar surface area (TPSA) is 58.2 Å². The molecule has 1 saturated carbocycles. The second kappa shape index (κ2) is 7.69. The van der Waals surface area contributed by atoms with Crippen molar-refractivity contribution in [1.29, 1.82) is 0 Å². The fourth-order valence-electron chi connectivity index (χ4n) is 2.93. The molecule has 2 aromatic rings. The maximum Gasteiger partial charge on any atom is 0.231 e. The summed E-state index contributed by atoms with van der Waals surface area (Å²) < 4.78 is -1.27. The standard InChI is InChI=1S/C18H13Cl5N2O2/c1-8(26)24-14-7-12(2-3-13(14)21)25-17(27)16-15(18(16,22)23)9-4-10(19)6-11(20)5-9/h2-7,15-16H,1H3,(H,24,26)(H,25,27). The molecule has 2 N–H and O–H groups in total. The van der Waals surface area contributed by atoms with Crippen LogP contribution in [0.5, 0.6) is 0 Å². The Kier molecular flexibility index (Phi) is 5.85. The molecule has 0 saturated heterocycles. The van der Waals surface area contributed by atoms with Crippen molar-refractivity contribution in [3.05, 3.63) is 57.0 Å². The molecule has 142 valence electrons. The van der Waals surface area contributed by atoms with Gasteiger partial charge in [-0.2, -0.15) is 0 Å². The summed E-state index contributed by atoms with van der Waals surface area (Å²) in [7, 11) is 0. The van der Waals surface area contributed by atoms with Gasteiger partial charge in [0.1, 0.15) is 4.33 Å². The third-order valence-corrected chi connectivity index (χ3v) is 5.83. The van der Waals surface area contributed by atoms with Gasteiger partial charge in [-0.25, -0.2) is 0 Å². The van der Waals surface area contributed by atoms with Crippen LogP contribution in [0.4, 0.5) is 11.4 Å². The number of benzene rings is 2. The van der Waals surface area contributed by atoms with Gasteiger partial charge in [0.25, 0.3) is 0 Å². The van der Waals surface area contributed by atoms with Crippen molar-refractivity contribution < 1.29 is 9.59 Å². The van der Waals surface area contributed by atoms with E-state index in [2.05, 4.69) is 10.6 Å². The number of amides is 2. The third-order valence-electron chi connectivity index (χ3n) is 4.12. The molecule has 0 aliphatic heterocycles. The first kappa shape index (κ1) is 20.6. The highest BCUT2D eigenvalue weighted by Crippen LogP contribution is 2.65. The van der Waals surface area contributed by atoms with Crippen LogP contribution in [0.3, 0.4) is 0 Å². The second-order valence-electron chi connectivity index (χ2n) is 6.20. The van der Waals surface area contributed by atoms with Crippen LogP contribution in [0.25, 0.3) is 0 Å². The van der Waals surface area contributed by atoms with E-state index < -0.39 is 16.2 Å². The molecule has 4 nitrogen and oxygen atoms in total. The Morgan fingerprint density at radius 1 is 0.963 bits per heavy atom. The summed E-state index contributed by atoms with van der Waals surface area (Å²) in [5.74, 6) is -1.77. The Morgan fingerprint density at radius 3 is 2.19 bits per heavy atom. The first-order valence-electron chi connectivity index (χ1n) is 7.81. The normalized spacial score (nSPS) is 20.1. The summed E-state index contributed by atoms with van der Waals surface area (Å²) in [6, 6.07) is 9.69. The quantitative estimate of drug-likeness (QED) is 0.533. The molecule has 2 amide bonds. The summed E-state index contributed by atoms with van der Waals surface area (Å²) >= 11 is 30.8. The predicted molar refractivity (Wildman–Crippen MR) is 112 cm³/mol. The summed E-state index contributed by atoms with van der Waals surface area (Å²) in [5.41, 5.74) is 1.53. The molecule has 2 aromatic carbocycles. The van der Waals surface area contributed by atoms with Crippen molar-refractivity contribution in [1.82, 2.24) is 0 Å². The Hall–Kier alpha value is -1.17. The highest BCUT2D eigenvalue weighted by atomic mass is 35.5. The highest BCUT2D eigenvalue weighted by molar-refractivity contribution is 6.53. The molecule has 9 heteroatoms. The summed E-state index contributed by atoms with van der Waals surface area (Å²) in [6.07, 6.45) is 0. The van der Waals surface area contributed by atoms with Gasteiger partial charge in [0, 0.05) is 28.6 Å². The van der Waals surface area contributed by atoms with Gasteiger partial charge >= 0.3 is 0 Å². The van der Waals surface area contributed by atoms with Gasteiger partial charge in [0.2, 0.25) is 11.8 Å². The van der Waals surface area contributed by atoms with Crippen LogP contribution in [0, 0.1) is 5.92 Å². The lowest BCUT2D eigenvalue weighted by Crippen LogP contribution is -2.17. The van der Waals surface area contributed by atoms with Crippen molar-refractivity contribution in [2.45, 2.75) is 17.2 Å². The van der Waals surface area contributed by atoms with E-state index in [1.807, 2.05) is 0 Å². The van der Waals surface area contributed by atoms with Crippen LogP contribution >= 0.6 is 58.0 Å². The maximum atomic E-state index is 12.7. The average molecular weight is 467 g/mol. The Labute approximate surface area is 181 Å². The van der Waals surface area contributed by atoms with Gasteiger partial charge in [-0.1, -0.05) is 34.8 Å². The third kappa shape index (κ3) is 4.47. The monoisotopic (exact) mass is 464 g/mol. The molecule has 0 heterocycles. The van der Waals surface area contributed by atoms with Crippen molar-refractivity contribution in [2.75, 3.05) is 10.6 Å². The molecule has 27 heavy (non-hydrogen) atoms. The van der Waals surface area contributed by atoms with Gasteiger partial charge in [-0.15, -0.1) is 23.2 Å². The molecular formula is C18H13Cl5N2O2. The van der Waals surface area contributed by atoms with Crippen molar-refractivity contribution >= 4 is 81.2 Å². The molecule has 2 atom stereocenters. The van der Waals surface area contributed by atoms with Gasteiger partial charge in [-0.05, 0) is 42.0 Å². The SMILES string of the molecule is CC(=O)Nc1cc(NC(=O)C2C(c3cc(Cl)cc(Cl)c3)C2(Cl)Cl)ccc1Cl. The zero-order chi connectivity index (χ0) is 19.9. The number of rotatable bonds is 4. The number of hydrogen-bond donors (Lipinski definition) is 2. The lowest BCUT2D eigenvalue weighted by Gasteiger charge is -2.09. The van der Waals surface area contributed by atoms with Gasteiger partial charge < -0.3 is 10.6 Å². The number of anilines is 2. The van der Waals surface area contributed by atoms with E-state index >= 15 is 0 Å². The maximum absolute atomic E-state index is 12.7. The fourth-order valence-corrected chi connectivity index (χ4v) is 4.47. The molecule has 0 aromatic heterocycles. The molecule has 1 fully saturated rings. The van der Waals surface area contributed by atoms with Crippen LogP contribution in [-0.4, -0.2) is 16.1 Å². The molecule has 3 rings (SSSR count). The molecule has 0 spiro atoms. The van der Waals surface area contributed by atoms with Crippen LogP contribution < -0.4 is 10.6 Å². The van der Waals surface area contributed by atoms with Crippen LogP contribution in [0.1, 0.15) is 18.4 Å². The zero-order valence-corrected chi connectivity index (χ0v) is 17.6. The van der Waals surface area contributed by atoms with E-state index in [0.717, 1.165) is 0 Å². The second-order valence-corrected chi connectivity index (χ2v) is 8.92. The summed E-state index contributed by atoms with van der Waals surface area (Å²) in [4.78, 5) is 23.9. The first-order chi connectivity index (χ1) is 12.6. The molecular weight excluding hydrogens is 453 g/mol. The Bertz CT molecular complexity index is 912. The number of carbonyl (C=O) groups excluding carboxylic acids is 2. The van der Waals surface area contributed by atoms with Crippen LogP contribution in [0.2, 0.25) is 15.1 Å². The largest absolute Gasteiger partial charge is 0.326 e. The van der Waals surface area contributed by atoms with E-state index in [1.54, 1.807) is 36.4 Å². The smallest absolute Gasteiger partial charge is 0.231 e. The van der Waals surface area contributed by atoms with Gasteiger partial charge in [0.05, 0.1) is 16.6 Å². The minimum atomic E-state index is -1.27. The van der Waals surface area contributed by atoms with Crippen LogP contribution in [-0.2, 0) is 9.59 Å². The number of halogens is 5. The summed E-state index contributed by atoms with van der Waals surface area (Å²) in [5, 5.41) is 6.56. The van der Waals surface area contributed by atoms with Crippen molar-refractivity contribution in [3.63, 3.8) is 0 Å². The lowest BCUT2D eigenvalue weighted by atomic mass is 10.1. The lowest BCUT2D eigenvalue weighted by molar-refractivity contribution is -0.117. The first-order valence-corrected chi connectivity index (χ1v) is 9.70. The molecule has 2 unspecified atom stereocenters. The molecule has 1 aliphatic carbocycles. The van der Waals surface area contributed by atoms with Gasteiger partial charge in [0.15, 0.2) is 0 Å². The fraction of sp³-hybridized carbons (Fsp3) is 0.222. The van der Waals surface area contributed by atoms with E-state index in [4.69, 9.17) is 58.0 Å². The van der Waals surface area contributed by atoms with Gasteiger partial charge in [-0.3, -0.25) is 9.59 Å². The number of hydrogen-bond acceptors (Lipinski definition) is 2. The average Bonchev–Trinajstić information content (AvgIpc) is 3.12. The predicted octanol–water partition coefficient (Wildman–Crippen LogP) is 6.13.